The molecule has 0 atom stereocenters. The molecule has 15 heavy (non-hydrogen) atoms. The molecule has 0 saturated heterocycles. The van der Waals surface area contributed by atoms with Gasteiger partial charge in [-0.15, -0.1) is 0 Å². The molecule has 0 aromatic heterocycles. The lowest BCUT2D eigenvalue weighted by Gasteiger charge is -2.14. The summed E-state index contributed by atoms with van der Waals surface area (Å²) in [6, 6.07) is 9.31. The number of nitrogens with zero attached hydrogens (tertiary/aromatic N) is 1. The molecule has 0 aliphatic rings. The second-order valence-electron chi connectivity index (χ2n) is 3.25. The highest BCUT2D eigenvalue weighted by atomic mass is 32.2. The van der Waals surface area contributed by atoms with Crippen LogP contribution in [-0.4, -0.2) is 39.2 Å². The van der Waals surface area contributed by atoms with Crippen molar-refractivity contribution in [3.8, 4) is 5.75 Å². The zero-order valence-electron chi connectivity index (χ0n) is 8.88. The Morgan fingerprint density at radius 3 is 2.40 bits per heavy atom. The van der Waals surface area contributed by atoms with Crippen LogP contribution in [0.5, 0.6) is 5.75 Å². The third-order valence-corrected chi connectivity index (χ3v) is 3.30. The van der Waals surface area contributed by atoms with E-state index in [2.05, 4.69) is 0 Å². The first-order chi connectivity index (χ1) is 7.00. The molecule has 0 spiro atoms. The van der Waals surface area contributed by atoms with Gasteiger partial charge in [0.1, 0.15) is 12.4 Å². The van der Waals surface area contributed by atoms with Crippen LogP contribution in [0.25, 0.3) is 0 Å². The zero-order chi connectivity index (χ0) is 11.3. The van der Waals surface area contributed by atoms with Crippen molar-refractivity contribution in [3.63, 3.8) is 0 Å². The summed E-state index contributed by atoms with van der Waals surface area (Å²) in [6.07, 6.45) is 1.18. The van der Waals surface area contributed by atoms with E-state index in [-0.39, 0.29) is 0 Å². The third-order valence-electron chi connectivity index (χ3n) is 1.98. The van der Waals surface area contributed by atoms with Crippen molar-refractivity contribution in [2.45, 2.75) is 0 Å². The average Bonchev–Trinajstić information content (AvgIpc) is 2.18. The van der Waals surface area contributed by atoms with E-state index in [0.717, 1.165) is 5.75 Å². The smallest absolute Gasteiger partial charge is 0.211 e. The summed E-state index contributed by atoms with van der Waals surface area (Å²) >= 11 is 0. The molecule has 0 aliphatic heterocycles. The number of hydrogen-bond acceptors (Lipinski definition) is 3. The van der Waals surface area contributed by atoms with Gasteiger partial charge >= 0.3 is 0 Å². The summed E-state index contributed by atoms with van der Waals surface area (Å²) in [6.45, 7) is 0.710. The van der Waals surface area contributed by atoms with Crippen molar-refractivity contribution < 1.29 is 13.2 Å². The Kier molecular flexibility index (Phi) is 4.11. The molecule has 0 aliphatic carbocycles. The van der Waals surface area contributed by atoms with E-state index < -0.39 is 10.0 Å². The Morgan fingerprint density at radius 2 is 1.87 bits per heavy atom. The summed E-state index contributed by atoms with van der Waals surface area (Å²) in [5.41, 5.74) is 0. The number of ether oxygens (including phenoxy) is 1. The molecule has 5 heteroatoms. The van der Waals surface area contributed by atoms with Gasteiger partial charge in [0.25, 0.3) is 0 Å². The van der Waals surface area contributed by atoms with Crippen molar-refractivity contribution in [3.05, 3.63) is 30.3 Å². The molecule has 0 N–H and O–H groups in total. The molecule has 1 aromatic rings. The fraction of sp³-hybridized carbons (Fsp3) is 0.400. The summed E-state index contributed by atoms with van der Waals surface area (Å²) < 4.78 is 28.7. The van der Waals surface area contributed by atoms with Gasteiger partial charge < -0.3 is 4.74 Å². The second-order valence-corrected chi connectivity index (χ2v) is 5.34. The number of para-hydroxylation sites is 1. The maximum absolute atomic E-state index is 11.0. The van der Waals surface area contributed by atoms with E-state index in [1.54, 1.807) is 0 Å². The first-order valence-corrected chi connectivity index (χ1v) is 6.44. The molecule has 0 amide bonds. The number of hydrogen-bond donors (Lipinski definition) is 0. The molecule has 4 nitrogen and oxygen atoms in total. The Labute approximate surface area is 90.5 Å². The van der Waals surface area contributed by atoms with Gasteiger partial charge in [0.15, 0.2) is 0 Å². The Balaban J connectivity index is 2.35. The van der Waals surface area contributed by atoms with Crippen LogP contribution >= 0.6 is 0 Å². The SMILES string of the molecule is CN(CCOc1ccccc1)S(C)(=O)=O. The minimum absolute atomic E-state index is 0.355. The van der Waals surface area contributed by atoms with Crippen molar-refractivity contribution >= 4 is 10.0 Å². The van der Waals surface area contributed by atoms with Crippen molar-refractivity contribution in [1.29, 1.82) is 0 Å². The minimum atomic E-state index is -3.10. The molecule has 0 radical (unpaired) electrons. The third kappa shape index (κ3) is 4.31. The monoisotopic (exact) mass is 229 g/mol. The lowest BCUT2D eigenvalue weighted by Crippen LogP contribution is -2.29. The van der Waals surface area contributed by atoms with E-state index in [4.69, 9.17) is 4.74 Å². The zero-order valence-corrected chi connectivity index (χ0v) is 9.70. The molecule has 1 rings (SSSR count). The van der Waals surface area contributed by atoms with E-state index >= 15 is 0 Å². The first kappa shape index (κ1) is 12.0. The lowest BCUT2D eigenvalue weighted by atomic mass is 10.3. The largest absolute Gasteiger partial charge is 0.492 e. The van der Waals surface area contributed by atoms with Crippen molar-refractivity contribution in [2.24, 2.45) is 0 Å². The molecule has 0 bridgehead atoms. The fourth-order valence-corrected chi connectivity index (χ4v) is 1.38. The van der Waals surface area contributed by atoms with Crippen molar-refractivity contribution in [2.75, 3.05) is 26.5 Å². The molecule has 0 unspecified atom stereocenters. The Morgan fingerprint density at radius 1 is 1.27 bits per heavy atom. The number of sulfonamides is 1. The molecular formula is C10H15NO3S. The normalized spacial score (nSPS) is 11.7. The number of rotatable bonds is 5. The Hall–Kier alpha value is -1.07. The van der Waals surface area contributed by atoms with Crippen LogP contribution in [0.3, 0.4) is 0 Å². The van der Waals surface area contributed by atoms with E-state index in [0.29, 0.717) is 13.2 Å². The van der Waals surface area contributed by atoms with Crippen LogP contribution in [0, 0.1) is 0 Å². The van der Waals surface area contributed by atoms with Crippen LogP contribution in [0.4, 0.5) is 0 Å². The molecular weight excluding hydrogens is 214 g/mol. The number of likely N-dealkylation sites (N-methyl/N-ethyl adjacent to an activating group) is 1. The lowest BCUT2D eigenvalue weighted by molar-refractivity contribution is 0.287. The number of benzene rings is 1. The standard InChI is InChI=1S/C10H15NO3S/c1-11(15(2,12)13)8-9-14-10-6-4-3-5-7-10/h3-7H,8-9H2,1-2H3. The average molecular weight is 229 g/mol. The van der Waals surface area contributed by atoms with Gasteiger partial charge in [-0.3, -0.25) is 0 Å². The van der Waals surface area contributed by atoms with Gasteiger partial charge in [-0.25, -0.2) is 12.7 Å². The molecule has 0 fully saturated rings. The highest BCUT2D eigenvalue weighted by molar-refractivity contribution is 7.88. The summed E-state index contributed by atoms with van der Waals surface area (Å²) in [4.78, 5) is 0. The molecule has 84 valence electrons. The maximum Gasteiger partial charge on any atom is 0.211 e. The van der Waals surface area contributed by atoms with Gasteiger partial charge in [-0.2, -0.15) is 0 Å². The highest BCUT2D eigenvalue weighted by Crippen LogP contribution is 2.07. The van der Waals surface area contributed by atoms with Crippen molar-refractivity contribution in [1.82, 2.24) is 4.31 Å². The van der Waals surface area contributed by atoms with Crippen LogP contribution < -0.4 is 4.74 Å². The summed E-state index contributed by atoms with van der Waals surface area (Å²) in [5, 5.41) is 0. The Bertz CT molecular complexity index is 388. The fourth-order valence-electron chi connectivity index (χ4n) is 0.975. The second kappa shape index (κ2) is 5.14. The van der Waals surface area contributed by atoms with E-state index in [1.807, 2.05) is 30.3 Å². The highest BCUT2D eigenvalue weighted by Gasteiger charge is 2.09. The summed E-state index contributed by atoms with van der Waals surface area (Å²) in [5.74, 6) is 0.749. The van der Waals surface area contributed by atoms with Gasteiger partial charge in [-0.05, 0) is 12.1 Å². The van der Waals surface area contributed by atoms with Crippen LogP contribution in [-0.2, 0) is 10.0 Å². The maximum atomic E-state index is 11.0. The van der Waals surface area contributed by atoms with Crippen LogP contribution in [0.1, 0.15) is 0 Å². The van der Waals surface area contributed by atoms with Gasteiger partial charge in [0.2, 0.25) is 10.0 Å². The van der Waals surface area contributed by atoms with Gasteiger partial charge in [0.05, 0.1) is 6.26 Å². The predicted molar refractivity (Wildman–Crippen MR) is 59.4 cm³/mol. The molecule has 0 saturated carbocycles. The minimum Gasteiger partial charge on any atom is -0.492 e. The summed E-state index contributed by atoms with van der Waals surface area (Å²) in [7, 11) is -1.57. The van der Waals surface area contributed by atoms with E-state index in [9.17, 15) is 8.42 Å². The first-order valence-electron chi connectivity index (χ1n) is 4.59. The van der Waals surface area contributed by atoms with E-state index in [1.165, 1.54) is 17.6 Å². The van der Waals surface area contributed by atoms with Gasteiger partial charge in [0, 0.05) is 13.6 Å². The van der Waals surface area contributed by atoms with Crippen LogP contribution in [0.15, 0.2) is 30.3 Å². The topological polar surface area (TPSA) is 46.6 Å². The molecule has 0 heterocycles. The van der Waals surface area contributed by atoms with Crippen LogP contribution in [0.2, 0.25) is 0 Å². The quantitative estimate of drug-likeness (QED) is 0.755. The predicted octanol–water partition coefficient (Wildman–Crippen LogP) is 0.957. The van der Waals surface area contributed by atoms with Gasteiger partial charge in [-0.1, -0.05) is 18.2 Å². The molecule has 1 aromatic carbocycles.